The summed E-state index contributed by atoms with van der Waals surface area (Å²) in [6, 6.07) is 0. The molecule has 0 radical (unpaired) electrons. The first kappa shape index (κ1) is 10.5. The number of alkyl halides is 3. The van der Waals surface area contributed by atoms with Crippen LogP contribution in [0.3, 0.4) is 0 Å². The van der Waals surface area contributed by atoms with Gasteiger partial charge in [0.2, 0.25) is 0 Å². The maximum absolute atomic E-state index is 10.5. The van der Waals surface area contributed by atoms with Gasteiger partial charge in [-0.25, -0.2) is 0 Å². The van der Waals surface area contributed by atoms with E-state index in [2.05, 4.69) is 0 Å². The van der Waals surface area contributed by atoms with E-state index in [-0.39, 0.29) is 11.7 Å². The molecule has 10 heavy (non-hydrogen) atoms. The zero-order chi connectivity index (χ0) is 8.36. The van der Waals surface area contributed by atoms with Crippen LogP contribution in [0.4, 0.5) is 0 Å². The highest BCUT2D eigenvalue weighted by atomic mass is 35.6. The van der Waals surface area contributed by atoms with Crippen LogP contribution in [0.2, 0.25) is 0 Å². The SMILES string of the molecule is CC(=O)CC(C)C(Cl)(Cl)Cl. The summed E-state index contributed by atoms with van der Waals surface area (Å²) in [6.45, 7) is 3.21. The first-order chi connectivity index (χ1) is 4.34. The molecule has 0 aliphatic heterocycles. The van der Waals surface area contributed by atoms with Crippen LogP contribution in [-0.2, 0) is 4.79 Å². The molecule has 0 rings (SSSR count). The molecule has 0 N–H and O–H groups in total. The molecule has 0 fully saturated rings. The minimum atomic E-state index is -1.31. The fourth-order valence-corrected chi connectivity index (χ4v) is 0.778. The van der Waals surface area contributed by atoms with Gasteiger partial charge in [0, 0.05) is 12.3 Å². The van der Waals surface area contributed by atoms with E-state index in [1.54, 1.807) is 6.92 Å². The Morgan fingerprint density at radius 3 is 2.00 bits per heavy atom. The summed E-state index contributed by atoms with van der Waals surface area (Å²) in [5.74, 6) is -0.172. The Balaban J connectivity index is 3.85. The highest BCUT2D eigenvalue weighted by molar-refractivity contribution is 6.67. The van der Waals surface area contributed by atoms with Gasteiger partial charge in [-0.3, -0.25) is 0 Å². The molecule has 0 spiro atoms. The second-order valence-electron chi connectivity index (χ2n) is 2.35. The summed E-state index contributed by atoms with van der Waals surface area (Å²) in [4.78, 5) is 10.5. The molecule has 0 saturated carbocycles. The Kier molecular flexibility index (Phi) is 4.00. The zero-order valence-electron chi connectivity index (χ0n) is 5.83. The molecule has 1 unspecified atom stereocenters. The predicted molar refractivity (Wildman–Crippen MR) is 44.8 cm³/mol. The third-order valence-corrected chi connectivity index (χ3v) is 2.27. The van der Waals surface area contributed by atoms with Crippen molar-refractivity contribution in [3.05, 3.63) is 0 Å². The maximum Gasteiger partial charge on any atom is 0.193 e. The fraction of sp³-hybridized carbons (Fsp3) is 0.833. The number of ketones is 1. The van der Waals surface area contributed by atoms with Crippen LogP contribution in [0.25, 0.3) is 0 Å². The molecule has 0 aromatic rings. The predicted octanol–water partition coefficient (Wildman–Crippen LogP) is 2.97. The summed E-state index contributed by atoms with van der Waals surface area (Å²) in [6.07, 6.45) is 0.316. The fourth-order valence-electron chi connectivity index (χ4n) is 0.547. The van der Waals surface area contributed by atoms with E-state index in [4.69, 9.17) is 34.8 Å². The van der Waals surface area contributed by atoms with Crippen molar-refractivity contribution in [2.24, 2.45) is 5.92 Å². The minimum Gasteiger partial charge on any atom is -0.300 e. The van der Waals surface area contributed by atoms with Gasteiger partial charge < -0.3 is 4.79 Å². The normalized spacial score (nSPS) is 14.9. The Hall–Kier alpha value is 0.540. The maximum atomic E-state index is 10.5. The second kappa shape index (κ2) is 3.80. The van der Waals surface area contributed by atoms with Gasteiger partial charge in [-0.1, -0.05) is 41.7 Å². The van der Waals surface area contributed by atoms with Crippen molar-refractivity contribution in [1.82, 2.24) is 0 Å². The van der Waals surface area contributed by atoms with Crippen molar-refractivity contribution < 1.29 is 4.79 Å². The van der Waals surface area contributed by atoms with Gasteiger partial charge in [-0.15, -0.1) is 0 Å². The smallest absolute Gasteiger partial charge is 0.193 e. The van der Waals surface area contributed by atoms with E-state index in [1.165, 1.54) is 6.92 Å². The summed E-state index contributed by atoms with van der Waals surface area (Å²) in [7, 11) is 0. The molecule has 0 amide bonds. The van der Waals surface area contributed by atoms with Crippen LogP contribution in [0.15, 0.2) is 0 Å². The zero-order valence-corrected chi connectivity index (χ0v) is 8.09. The molecule has 60 valence electrons. The number of carbonyl (C=O) groups is 1. The van der Waals surface area contributed by atoms with Crippen molar-refractivity contribution in [3.8, 4) is 0 Å². The van der Waals surface area contributed by atoms with Gasteiger partial charge in [0.05, 0.1) is 0 Å². The number of Topliss-reactive ketones (excluding diaryl/α,β-unsaturated/α-hetero) is 1. The number of hydrogen-bond acceptors (Lipinski definition) is 1. The Morgan fingerprint density at radius 1 is 1.50 bits per heavy atom. The number of hydrogen-bond donors (Lipinski definition) is 0. The molecule has 1 nitrogen and oxygen atoms in total. The third kappa shape index (κ3) is 4.37. The standard InChI is InChI=1S/C6H9Cl3O/c1-4(3-5(2)10)6(7,8)9/h4H,3H2,1-2H3. The number of carbonyl (C=O) groups excluding carboxylic acids is 1. The highest BCUT2D eigenvalue weighted by Gasteiger charge is 2.28. The van der Waals surface area contributed by atoms with Gasteiger partial charge in [-0.2, -0.15) is 0 Å². The van der Waals surface area contributed by atoms with Crippen molar-refractivity contribution in [2.45, 2.75) is 24.1 Å². The summed E-state index contributed by atoms with van der Waals surface area (Å²) < 4.78 is -1.31. The lowest BCUT2D eigenvalue weighted by Gasteiger charge is -2.17. The lowest BCUT2D eigenvalue weighted by atomic mass is 10.1. The topological polar surface area (TPSA) is 17.1 Å². The number of halogens is 3. The molecule has 1 atom stereocenters. The van der Waals surface area contributed by atoms with E-state index in [1.807, 2.05) is 0 Å². The van der Waals surface area contributed by atoms with Crippen molar-refractivity contribution in [1.29, 1.82) is 0 Å². The summed E-state index contributed by atoms with van der Waals surface area (Å²) in [5.41, 5.74) is 0. The van der Waals surface area contributed by atoms with Crippen molar-refractivity contribution in [3.63, 3.8) is 0 Å². The molecule has 0 aliphatic carbocycles. The molecular formula is C6H9Cl3O. The first-order valence-electron chi connectivity index (χ1n) is 2.90. The second-order valence-corrected chi connectivity index (χ2v) is 4.72. The van der Waals surface area contributed by atoms with E-state index >= 15 is 0 Å². The average Bonchev–Trinajstić information content (AvgIpc) is 1.60. The van der Waals surface area contributed by atoms with Gasteiger partial charge in [0.25, 0.3) is 0 Å². The van der Waals surface area contributed by atoms with Crippen LogP contribution < -0.4 is 0 Å². The van der Waals surface area contributed by atoms with E-state index < -0.39 is 3.79 Å². The van der Waals surface area contributed by atoms with Gasteiger partial charge in [-0.05, 0) is 6.92 Å². The Morgan fingerprint density at radius 2 is 1.90 bits per heavy atom. The van der Waals surface area contributed by atoms with Gasteiger partial charge in [0.1, 0.15) is 5.78 Å². The van der Waals surface area contributed by atoms with Gasteiger partial charge >= 0.3 is 0 Å². The quantitative estimate of drug-likeness (QED) is 0.631. The highest BCUT2D eigenvalue weighted by Crippen LogP contribution is 2.36. The molecule has 0 bridgehead atoms. The molecule has 0 aromatic heterocycles. The Bertz CT molecular complexity index is 127. The molecule has 4 heteroatoms. The minimum absolute atomic E-state index is 0.0406. The lowest BCUT2D eigenvalue weighted by molar-refractivity contribution is -0.117. The third-order valence-electron chi connectivity index (χ3n) is 1.15. The van der Waals surface area contributed by atoms with Crippen molar-refractivity contribution >= 4 is 40.6 Å². The van der Waals surface area contributed by atoms with Gasteiger partial charge in [0.15, 0.2) is 3.79 Å². The lowest BCUT2D eigenvalue weighted by Crippen LogP contribution is -2.18. The molecular weight excluding hydrogens is 194 g/mol. The van der Waals surface area contributed by atoms with E-state index in [0.29, 0.717) is 6.42 Å². The van der Waals surface area contributed by atoms with Crippen LogP contribution >= 0.6 is 34.8 Å². The van der Waals surface area contributed by atoms with Crippen LogP contribution in [0.1, 0.15) is 20.3 Å². The van der Waals surface area contributed by atoms with Crippen LogP contribution in [0.5, 0.6) is 0 Å². The van der Waals surface area contributed by atoms with E-state index in [0.717, 1.165) is 0 Å². The van der Waals surface area contributed by atoms with Crippen molar-refractivity contribution in [2.75, 3.05) is 0 Å². The summed E-state index contributed by atoms with van der Waals surface area (Å²) in [5, 5.41) is 0. The molecule has 0 heterocycles. The van der Waals surface area contributed by atoms with Crippen LogP contribution in [0, 0.1) is 5.92 Å². The monoisotopic (exact) mass is 202 g/mol. The van der Waals surface area contributed by atoms with E-state index in [9.17, 15) is 4.79 Å². The number of rotatable bonds is 2. The summed E-state index contributed by atoms with van der Waals surface area (Å²) >= 11 is 16.5. The molecule has 0 aromatic carbocycles. The largest absolute Gasteiger partial charge is 0.300 e. The average molecular weight is 203 g/mol. The Labute approximate surface area is 75.6 Å². The first-order valence-corrected chi connectivity index (χ1v) is 4.03. The molecule has 0 saturated heterocycles. The molecule has 0 aliphatic rings. The van der Waals surface area contributed by atoms with Crippen LogP contribution in [-0.4, -0.2) is 9.58 Å².